The highest BCUT2D eigenvalue weighted by Gasteiger charge is 2.12. The second-order valence-corrected chi connectivity index (χ2v) is 3.13. The van der Waals surface area contributed by atoms with Crippen molar-refractivity contribution < 1.29 is 9.90 Å². The monoisotopic (exact) mass is 209 g/mol. The van der Waals surface area contributed by atoms with Crippen molar-refractivity contribution in [1.29, 1.82) is 0 Å². The maximum absolute atomic E-state index is 10.5. The van der Waals surface area contributed by atoms with Crippen LogP contribution in [0.5, 0.6) is 0 Å². The molecular weight excluding hydrogens is 198 g/mol. The Kier molecular flexibility index (Phi) is 3.35. The quantitative estimate of drug-likeness (QED) is 0.496. The molecule has 0 saturated heterocycles. The van der Waals surface area contributed by atoms with Gasteiger partial charge in [0.05, 0.1) is 5.69 Å². The number of anilines is 1. The van der Waals surface area contributed by atoms with Gasteiger partial charge in [0.25, 0.3) is 0 Å². The van der Waals surface area contributed by atoms with E-state index in [1.165, 1.54) is 12.1 Å². The SMILES string of the molecule is Nc1cc(C[C@@H](N)C(=O)O)ccc1N=O. The fraction of sp³-hybridized carbons (Fsp3) is 0.222. The van der Waals surface area contributed by atoms with Crippen molar-refractivity contribution in [2.45, 2.75) is 12.5 Å². The standard InChI is InChI=1S/C9H11N3O3/c10-6-3-5(1-2-8(6)12-15)4-7(11)9(13)14/h1-3,7H,4,10-11H2,(H,13,14)/t7-/m1/s1. The Bertz CT molecular complexity index is 392. The van der Waals surface area contributed by atoms with Crippen LogP contribution < -0.4 is 11.5 Å². The third-order valence-electron chi connectivity index (χ3n) is 1.96. The van der Waals surface area contributed by atoms with Crippen LogP contribution in [0.1, 0.15) is 5.56 Å². The van der Waals surface area contributed by atoms with Gasteiger partial charge < -0.3 is 16.6 Å². The summed E-state index contributed by atoms with van der Waals surface area (Å²) in [5, 5.41) is 11.3. The fourth-order valence-electron chi connectivity index (χ4n) is 1.16. The number of carboxylic acid groups (broad SMARTS) is 1. The second kappa shape index (κ2) is 4.52. The molecule has 80 valence electrons. The lowest BCUT2D eigenvalue weighted by atomic mass is 10.1. The number of hydrogen-bond acceptors (Lipinski definition) is 5. The second-order valence-electron chi connectivity index (χ2n) is 3.13. The van der Waals surface area contributed by atoms with Gasteiger partial charge in [0, 0.05) is 0 Å². The molecule has 0 radical (unpaired) electrons. The number of hydrogen-bond donors (Lipinski definition) is 3. The molecule has 0 aliphatic carbocycles. The fourth-order valence-corrected chi connectivity index (χ4v) is 1.16. The molecule has 1 aromatic rings. The zero-order valence-electron chi connectivity index (χ0n) is 7.88. The van der Waals surface area contributed by atoms with Crippen molar-refractivity contribution in [2.75, 3.05) is 5.73 Å². The number of nitrogens with zero attached hydrogens (tertiary/aromatic N) is 1. The lowest BCUT2D eigenvalue weighted by Crippen LogP contribution is -2.32. The highest BCUT2D eigenvalue weighted by Crippen LogP contribution is 2.22. The predicted molar refractivity (Wildman–Crippen MR) is 55.6 cm³/mol. The molecule has 0 bridgehead atoms. The van der Waals surface area contributed by atoms with E-state index in [2.05, 4.69) is 5.18 Å². The number of carbonyl (C=O) groups is 1. The van der Waals surface area contributed by atoms with Crippen LogP contribution in [0.15, 0.2) is 23.4 Å². The van der Waals surface area contributed by atoms with E-state index in [-0.39, 0.29) is 17.8 Å². The number of nitrogen functional groups attached to an aromatic ring is 1. The summed E-state index contributed by atoms with van der Waals surface area (Å²) in [6.45, 7) is 0. The van der Waals surface area contributed by atoms with Crippen LogP contribution in [-0.4, -0.2) is 17.1 Å². The van der Waals surface area contributed by atoms with Gasteiger partial charge in [-0.3, -0.25) is 4.79 Å². The number of benzene rings is 1. The predicted octanol–water partition coefficient (Wildman–Crippen LogP) is 0.621. The van der Waals surface area contributed by atoms with E-state index in [1.54, 1.807) is 6.07 Å². The molecule has 6 heteroatoms. The van der Waals surface area contributed by atoms with Crippen LogP contribution in [0.25, 0.3) is 0 Å². The van der Waals surface area contributed by atoms with Gasteiger partial charge in [0.2, 0.25) is 0 Å². The van der Waals surface area contributed by atoms with Gasteiger partial charge >= 0.3 is 5.97 Å². The van der Waals surface area contributed by atoms with Crippen molar-refractivity contribution in [1.82, 2.24) is 0 Å². The van der Waals surface area contributed by atoms with E-state index >= 15 is 0 Å². The van der Waals surface area contributed by atoms with E-state index in [4.69, 9.17) is 16.6 Å². The van der Waals surface area contributed by atoms with E-state index in [9.17, 15) is 9.70 Å². The number of rotatable bonds is 4. The Labute approximate surface area is 85.9 Å². The maximum atomic E-state index is 10.5. The highest BCUT2D eigenvalue weighted by atomic mass is 16.4. The van der Waals surface area contributed by atoms with E-state index < -0.39 is 12.0 Å². The van der Waals surface area contributed by atoms with Crippen molar-refractivity contribution in [2.24, 2.45) is 10.9 Å². The van der Waals surface area contributed by atoms with Gasteiger partial charge in [-0.15, -0.1) is 4.91 Å². The Morgan fingerprint density at radius 2 is 2.20 bits per heavy atom. The van der Waals surface area contributed by atoms with Gasteiger partial charge in [-0.2, -0.15) is 0 Å². The molecule has 1 atom stereocenters. The molecule has 0 aromatic heterocycles. The summed E-state index contributed by atoms with van der Waals surface area (Å²) in [5.74, 6) is -1.08. The van der Waals surface area contributed by atoms with E-state index in [0.717, 1.165) is 0 Å². The molecule has 0 amide bonds. The first-order valence-corrected chi connectivity index (χ1v) is 4.24. The van der Waals surface area contributed by atoms with Crippen LogP contribution in [0.2, 0.25) is 0 Å². The molecule has 0 spiro atoms. The third kappa shape index (κ3) is 2.75. The number of nitrogens with two attached hydrogens (primary N) is 2. The van der Waals surface area contributed by atoms with E-state index in [1.807, 2.05) is 0 Å². The molecule has 0 aliphatic heterocycles. The van der Waals surface area contributed by atoms with Crippen molar-refractivity contribution in [3.05, 3.63) is 28.7 Å². The lowest BCUT2D eigenvalue weighted by molar-refractivity contribution is -0.138. The first-order chi connectivity index (χ1) is 7.04. The summed E-state index contributed by atoms with van der Waals surface area (Å²) in [7, 11) is 0. The van der Waals surface area contributed by atoms with Crippen LogP contribution in [0.4, 0.5) is 11.4 Å². The van der Waals surface area contributed by atoms with Crippen molar-refractivity contribution in [3.63, 3.8) is 0 Å². The molecule has 0 aliphatic rings. The normalized spacial score (nSPS) is 12.1. The highest BCUT2D eigenvalue weighted by molar-refractivity contribution is 5.74. The molecule has 6 nitrogen and oxygen atoms in total. The Balaban J connectivity index is 2.84. The lowest BCUT2D eigenvalue weighted by Gasteiger charge is -2.07. The van der Waals surface area contributed by atoms with Gasteiger partial charge in [0.15, 0.2) is 0 Å². The summed E-state index contributed by atoms with van der Waals surface area (Å²) in [6.07, 6.45) is 0.165. The van der Waals surface area contributed by atoms with Gasteiger partial charge in [-0.25, -0.2) is 0 Å². The smallest absolute Gasteiger partial charge is 0.320 e. The van der Waals surface area contributed by atoms with Crippen LogP contribution in [0, 0.1) is 4.91 Å². The van der Waals surface area contributed by atoms with Crippen LogP contribution in [-0.2, 0) is 11.2 Å². The molecule has 5 N–H and O–H groups in total. The minimum Gasteiger partial charge on any atom is -0.480 e. The van der Waals surface area contributed by atoms with Crippen molar-refractivity contribution >= 4 is 17.3 Å². The van der Waals surface area contributed by atoms with Gasteiger partial charge in [0.1, 0.15) is 11.7 Å². The van der Waals surface area contributed by atoms with Crippen LogP contribution >= 0.6 is 0 Å². The summed E-state index contributed by atoms with van der Waals surface area (Å²) < 4.78 is 0. The number of nitroso groups, excluding NO2 is 1. The van der Waals surface area contributed by atoms with Gasteiger partial charge in [-0.05, 0) is 29.3 Å². The number of aliphatic carboxylic acids is 1. The van der Waals surface area contributed by atoms with Crippen molar-refractivity contribution in [3.8, 4) is 0 Å². The molecule has 1 aromatic carbocycles. The largest absolute Gasteiger partial charge is 0.480 e. The molecule has 15 heavy (non-hydrogen) atoms. The minimum atomic E-state index is -1.08. The molecule has 1 rings (SSSR count). The Hall–Kier alpha value is -1.95. The maximum Gasteiger partial charge on any atom is 0.320 e. The molecule has 0 saturated carbocycles. The summed E-state index contributed by atoms with van der Waals surface area (Å²) in [4.78, 5) is 20.7. The van der Waals surface area contributed by atoms with Gasteiger partial charge in [-0.1, -0.05) is 6.07 Å². The Morgan fingerprint density at radius 1 is 1.53 bits per heavy atom. The zero-order chi connectivity index (χ0) is 11.4. The molecular formula is C9H11N3O3. The van der Waals surface area contributed by atoms with Crippen LogP contribution in [0.3, 0.4) is 0 Å². The number of carboxylic acids is 1. The first kappa shape index (κ1) is 11.1. The summed E-state index contributed by atoms with van der Waals surface area (Å²) in [5.41, 5.74) is 11.9. The summed E-state index contributed by atoms with van der Waals surface area (Å²) >= 11 is 0. The molecule has 0 fully saturated rings. The zero-order valence-corrected chi connectivity index (χ0v) is 7.88. The topological polar surface area (TPSA) is 119 Å². The minimum absolute atomic E-state index is 0.141. The third-order valence-corrected chi connectivity index (χ3v) is 1.96. The Morgan fingerprint density at radius 3 is 2.67 bits per heavy atom. The average Bonchev–Trinajstić information content (AvgIpc) is 2.18. The molecule has 0 heterocycles. The average molecular weight is 209 g/mol. The molecule has 0 unspecified atom stereocenters. The summed E-state index contributed by atoms with van der Waals surface area (Å²) in [6, 6.07) is 3.54. The van der Waals surface area contributed by atoms with E-state index in [0.29, 0.717) is 5.56 Å². The first-order valence-electron chi connectivity index (χ1n) is 4.24.